The van der Waals surface area contributed by atoms with E-state index in [1.54, 1.807) is 6.33 Å². The molecule has 2 aliphatic heterocycles. The van der Waals surface area contributed by atoms with Gasteiger partial charge in [0.15, 0.2) is 0 Å². The van der Waals surface area contributed by atoms with Crippen molar-refractivity contribution in [2.24, 2.45) is 0 Å². The number of rotatable bonds is 4. The lowest BCUT2D eigenvalue weighted by Gasteiger charge is -2.48. The molecule has 0 spiro atoms. The lowest BCUT2D eigenvalue weighted by atomic mass is 10.0. The van der Waals surface area contributed by atoms with Crippen LogP contribution in [-0.2, 0) is 4.74 Å². The molecule has 0 N–H and O–H groups in total. The highest BCUT2D eigenvalue weighted by atomic mass is 16.5. The van der Waals surface area contributed by atoms with Crippen LogP contribution in [0.4, 0.5) is 5.69 Å². The summed E-state index contributed by atoms with van der Waals surface area (Å²) in [5.74, 6) is 0.374. The smallest absolute Gasteiger partial charge is 0.200 e. The van der Waals surface area contributed by atoms with Crippen LogP contribution in [0.3, 0.4) is 0 Å². The van der Waals surface area contributed by atoms with E-state index in [-0.39, 0.29) is 0 Å². The molecule has 0 radical (unpaired) electrons. The first-order valence-corrected chi connectivity index (χ1v) is 9.46. The van der Waals surface area contributed by atoms with Gasteiger partial charge in [0.2, 0.25) is 5.65 Å². The van der Waals surface area contributed by atoms with Gasteiger partial charge in [-0.25, -0.2) is 0 Å². The fourth-order valence-corrected chi connectivity index (χ4v) is 4.08. The molecule has 0 amide bonds. The summed E-state index contributed by atoms with van der Waals surface area (Å²) < 4.78 is 7.72. The van der Waals surface area contributed by atoms with Crippen molar-refractivity contribution in [3.63, 3.8) is 0 Å². The largest absolute Gasteiger partial charge is 0.378 e. The van der Waals surface area contributed by atoms with E-state index in [4.69, 9.17) is 4.74 Å². The standard InChI is InChI=1S/C18H28N6O/c1-4-5-14-10-25-11-15-9-22(6-7-23(14)15)17-8-16(13(2)3)21-24-12-19-20-18(17)24/h8,12-15H,4-7,9-11H2,1-3H3/t14-,15+/m0/s1. The van der Waals surface area contributed by atoms with E-state index in [9.17, 15) is 0 Å². The summed E-state index contributed by atoms with van der Waals surface area (Å²) in [6.07, 6.45) is 4.13. The minimum absolute atomic E-state index is 0.374. The molecule has 0 aromatic carbocycles. The third-order valence-corrected chi connectivity index (χ3v) is 5.44. The van der Waals surface area contributed by atoms with Crippen molar-refractivity contribution in [2.75, 3.05) is 37.7 Å². The van der Waals surface area contributed by atoms with Crippen LogP contribution < -0.4 is 4.90 Å². The highest BCUT2D eigenvalue weighted by Crippen LogP contribution is 2.28. The zero-order valence-corrected chi connectivity index (χ0v) is 15.4. The molecule has 7 heteroatoms. The zero-order chi connectivity index (χ0) is 17.4. The lowest BCUT2D eigenvalue weighted by Crippen LogP contribution is -2.62. The molecule has 2 fully saturated rings. The van der Waals surface area contributed by atoms with E-state index in [1.807, 2.05) is 4.52 Å². The van der Waals surface area contributed by atoms with Crippen molar-refractivity contribution in [1.29, 1.82) is 0 Å². The second-order valence-corrected chi connectivity index (χ2v) is 7.53. The summed E-state index contributed by atoms with van der Waals surface area (Å²) >= 11 is 0. The van der Waals surface area contributed by atoms with Gasteiger partial charge in [-0.15, -0.1) is 10.2 Å². The first-order valence-electron chi connectivity index (χ1n) is 9.46. The molecule has 2 aromatic rings. The van der Waals surface area contributed by atoms with Gasteiger partial charge in [-0.3, -0.25) is 4.90 Å². The molecular weight excluding hydrogens is 316 g/mol. The van der Waals surface area contributed by atoms with Crippen LogP contribution in [0.25, 0.3) is 5.65 Å². The van der Waals surface area contributed by atoms with Crippen LogP contribution in [0.1, 0.15) is 45.2 Å². The molecule has 7 nitrogen and oxygen atoms in total. The number of aromatic nitrogens is 4. The Kier molecular flexibility index (Phi) is 4.60. The average molecular weight is 344 g/mol. The maximum Gasteiger partial charge on any atom is 0.200 e. The maximum absolute atomic E-state index is 5.91. The monoisotopic (exact) mass is 344 g/mol. The van der Waals surface area contributed by atoms with E-state index >= 15 is 0 Å². The highest BCUT2D eigenvalue weighted by Gasteiger charge is 2.36. The topological polar surface area (TPSA) is 58.8 Å². The van der Waals surface area contributed by atoms with Gasteiger partial charge in [0.25, 0.3) is 0 Å². The zero-order valence-electron chi connectivity index (χ0n) is 15.4. The fourth-order valence-electron chi connectivity index (χ4n) is 4.08. The molecule has 2 aliphatic rings. The van der Waals surface area contributed by atoms with Crippen LogP contribution in [0.15, 0.2) is 12.4 Å². The van der Waals surface area contributed by atoms with Gasteiger partial charge in [-0.2, -0.15) is 9.61 Å². The summed E-state index contributed by atoms with van der Waals surface area (Å²) in [4.78, 5) is 5.10. The number of piperazine rings is 1. The number of nitrogens with zero attached hydrogens (tertiary/aromatic N) is 6. The third-order valence-electron chi connectivity index (χ3n) is 5.44. The molecule has 2 saturated heterocycles. The van der Waals surface area contributed by atoms with Crippen molar-refractivity contribution in [1.82, 2.24) is 24.7 Å². The van der Waals surface area contributed by atoms with Crippen LogP contribution in [0.5, 0.6) is 0 Å². The molecule has 4 heterocycles. The molecule has 0 unspecified atom stereocenters. The van der Waals surface area contributed by atoms with Crippen LogP contribution in [0.2, 0.25) is 0 Å². The van der Waals surface area contributed by atoms with Crippen LogP contribution >= 0.6 is 0 Å². The van der Waals surface area contributed by atoms with Crippen molar-refractivity contribution >= 4 is 11.3 Å². The van der Waals surface area contributed by atoms with Gasteiger partial charge < -0.3 is 9.64 Å². The third kappa shape index (κ3) is 3.11. The Labute approximate surface area is 149 Å². The summed E-state index contributed by atoms with van der Waals surface area (Å²) in [5, 5.41) is 13.0. The van der Waals surface area contributed by atoms with Crippen molar-refractivity contribution < 1.29 is 4.74 Å². The summed E-state index contributed by atoms with van der Waals surface area (Å²) in [6, 6.07) is 3.22. The molecule has 2 aromatic heterocycles. The normalized spacial score (nSPS) is 24.9. The van der Waals surface area contributed by atoms with Crippen LogP contribution in [0, 0.1) is 0 Å². The Bertz CT molecular complexity index is 727. The molecule has 4 rings (SSSR count). The minimum atomic E-state index is 0.374. The van der Waals surface area contributed by atoms with Crippen molar-refractivity contribution in [2.45, 2.75) is 51.6 Å². The summed E-state index contributed by atoms with van der Waals surface area (Å²) in [6.45, 7) is 11.4. The fraction of sp³-hybridized carbons (Fsp3) is 0.722. The predicted octanol–water partition coefficient (Wildman–Crippen LogP) is 1.94. The number of morpholine rings is 1. The number of hydrogen-bond donors (Lipinski definition) is 0. The Balaban J connectivity index is 1.61. The Morgan fingerprint density at radius 2 is 2.16 bits per heavy atom. The van der Waals surface area contributed by atoms with E-state index in [0.29, 0.717) is 18.0 Å². The molecule has 136 valence electrons. The van der Waals surface area contributed by atoms with E-state index in [0.717, 1.165) is 49.9 Å². The first kappa shape index (κ1) is 16.7. The quantitative estimate of drug-likeness (QED) is 0.845. The van der Waals surface area contributed by atoms with Gasteiger partial charge in [0, 0.05) is 25.7 Å². The number of ether oxygens (including phenoxy) is 1. The van der Waals surface area contributed by atoms with E-state index in [2.05, 4.69) is 51.9 Å². The van der Waals surface area contributed by atoms with Gasteiger partial charge >= 0.3 is 0 Å². The molecule has 0 bridgehead atoms. The first-order chi connectivity index (χ1) is 12.2. The molecular formula is C18H28N6O. The van der Waals surface area contributed by atoms with Gasteiger partial charge in [-0.1, -0.05) is 27.2 Å². The minimum Gasteiger partial charge on any atom is -0.378 e. The molecule has 0 saturated carbocycles. The second kappa shape index (κ2) is 6.88. The lowest BCUT2D eigenvalue weighted by molar-refractivity contribution is -0.0557. The average Bonchev–Trinajstić information content (AvgIpc) is 3.09. The van der Waals surface area contributed by atoms with Gasteiger partial charge in [-0.05, 0) is 18.4 Å². The van der Waals surface area contributed by atoms with E-state index < -0.39 is 0 Å². The van der Waals surface area contributed by atoms with E-state index in [1.165, 1.54) is 12.8 Å². The molecule has 2 atom stereocenters. The van der Waals surface area contributed by atoms with Gasteiger partial charge in [0.05, 0.1) is 30.6 Å². The second-order valence-electron chi connectivity index (χ2n) is 7.53. The van der Waals surface area contributed by atoms with Crippen LogP contribution in [-0.4, -0.2) is 69.6 Å². The summed E-state index contributed by atoms with van der Waals surface area (Å²) in [5.41, 5.74) is 3.07. The van der Waals surface area contributed by atoms with Crippen molar-refractivity contribution in [3.05, 3.63) is 18.1 Å². The Morgan fingerprint density at radius 1 is 1.28 bits per heavy atom. The predicted molar refractivity (Wildman–Crippen MR) is 97.1 cm³/mol. The Hall–Kier alpha value is -1.73. The highest BCUT2D eigenvalue weighted by molar-refractivity contribution is 5.68. The number of anilines is 1. The SMILES string of the molecule is CCC[C@H]1COC[C@H]2CN(c3cc(C(C)C)nn4cnnc34)CCN12. The summed E-state index contributed by atoms with van der Waals surface area (Å²) in [7, 11) is 0. The Morgan fingerprint density at radius 3 is 2.96 bits per heavy atom. The molecule has 0 aliphatic carbocycles. The van der Waals surface area contributed by atoms with Crippen molar-refractivity contribution in [3.8, 4) is 0 Å². The van der Waals surface area contributed by atoms with Gasteiger partial charge in [0.1, 0.15) is 6.33 Å². The maximum atomic E-state index is 5.91. The number of fused-ring (bicyclic) bond motifs is 2. The molecule has 25 heavy (non-hydrogen) atoms. The number of hydrogen-bond acceptors (Lipinski definition) is 6.